The van der Waals surface area contributed by atoms with Gasteiger partial charge in [-0.05, 0) is 35.9 Å². The van der Waals surface area contributed by atoms with Crippen molar-refractivity contribution in [2.75, 3.05) is 0 Å². The second-order valence-electron chi connectivity index (χ2n) is 4.76. The van der Waals surface area contributed by atoms with Crippen LogP contribution >= 0.6 is 35.0 Å². The largest absolute Gasteiger partial charge is 0.416 e. The lowest BCUT2D eigenvalue weighted by atomic mass is 10.2. The molecule has 0 unspecified atom stereocenters. The molecule has 1 N–H and O–H groups in total. The number of fused-ring (bicyclic) bond motifs is 1. The molecule has 3 rings (SSSR count). The Morgan fingerprint density at radius 1 is 1.09 bits per heavy atom. The minimum absolute atomic E-state index is 0.340. The third-order valence-corrected chi connectivity index (χ3v) is 4.81. The van der Waals surface area contributed by atoms with Crippen LogP contribution in [0.4, 0.5) is 13.2 Å². The van der Waals surface area contributed by atoms with Crippen molar-refractivity contribution in [3.05, 3.63) is 57.6 Å². The van der Waals surface area contributed by atoms with Crippen molar-refractivity contribution in [2.24, 2.45) is 0 Å². The zero-order valence-corrected chi connectivity index (χ0v) is 13.7. The number of nitrogens with one attached hydrogen (secondary N) is 1. The first kappa shape index (κ1) is 16.5. The van der Waals surface area contributed by atoms with E-state index in [-0.39, 0.29) is 0 Å². The van der Waals surface area contributed by atoms with Crippen LogP contribution < -0.4 is 0 Å². The number of H-pyrrole nitrogens is 1. The van der Waals surface area contributed by atoms with Gasteiger partial charge in [0.25, 0.3) is 0 Å². The highest BCUT2D eigenvalue weighted by Crippen LogP contribution is 2.33. The zero-order valence-electron chi connectivity index (χ0n) is 11.4. The van der Waals surface area contributed by atoms with Gasteiger partial charge in [0.05, 0.1) is 16.6 Å². The Kier molecular flexibility index (Phi) is 4.49. The highest BCUT2D eigenvalue weighted by Gasteiger charge is 2.30. The van der Waals surface area contributed by atoms with E-state index >= 15 is 0 Å². The van der Waals surface area contributed by atoms with Crippen molar-refractivity contribution in [2.45, 2.75) is 17.1 Å². The van der Waals surface area contributed by atoms with E-state index in [1.807, 2.05) is 0 Å². The van der Waals surface area contributed by atoms with E-state index in [0.717, 1.165) is 17.7 Å². The minimum Gasteiger partial charge on any atom is -0.333 e. The van der Waals surface area contributed by atoms with E-state index in [1.165, 1.54) is 17.8 Å². The van der Waals surface area contributed by atoms with Gasteiger partial charge in [0, 0.05) is 15.8 Å². The summed E-state index contributed by atoms with van der Waals surface area (Å²) in [6.07, 6.45) is -4.38. The molecule has 0 bridgehead atoms. The molecule has 0 spiro atoms. The number of halogens is 5. The number of rotatable bonds is 3. The van der Waals surface area contributed by atoms with E-state index in [4.69, 9.17) is 23.2 Å². The Morgan fingerprint density at radius 2 is 1.78 bits per heavy atom. The van der Waals surface area contributed by atoms with Crippen LogP contribution in [0.1, 0.15) is 11.1 Å². The molecule has 8 heteroatoms. The summed E-state index contributed by atoms with van der Waals surface area (Å²) in [5, 5.41) is 1.59. The molecule has 0 aliphatic heterocycles. The normalized spacial score (nSPS) is 12.0. The summed E-state index contributed by atoms with van der Waals surface area (Å²) < 4.78 is 38.1. The summed E-state index contributed by atoms with van der Waals surface area (Å²) in [6.45, 7) is 0. The van der Waals surface area contributed by atoms with Crippen LogP contribution in [0.15, 0.2) is 41.6 Å². The van der Waals surface area contributed by atoms with E-state index in [1.54, 1.807) is 18.2 Å². The quantitative estimate of drug-likeness (QED) is 0.552. The average molecular weight is 377 g/mol. The number of alkyl halides is 3. The van der Waals surface area contributed by atoms with Crippen molar-refractivity contribution < 1.29 is 13.2 Å². The lowest BCUT2D eigenvalue weighted by molar-refractivity contribution is -0.137. The summed E-state index contributed by atoms with van der Waals surface area (Å²) in [7, 11) is 0. The first-order valence-electron chi connectivity index (χ1n) is 6.47. The highest BCUT2D eigenvalue weighted by molar-refractivity contribution is 7.98. The molecular formula is C15H9Cl2F3N2S. The van der Waals surface area contributed by atoms with Crippen molar-refractivity contribution in [1.82, 2.24) is 9.97 Å². The van der Waals surface area contributed by atoms with Crippen LogP contribution in [0, 0.1) is 0 Å². The van der Waals surface area contributed by atoms with E-state index in [9.17, 15) is 13.2 Å². The first-order valence-corrected chi connectivity index (χ1v) is 8.21. The Morgan fingerprint density at radius 3 is 2.43 bits per heavy atom. The smallest absolute Gasteiger partial charge is 0.333 e. The monoisotopic (exact) mass is 376 g/mol. The molecule has 2 nitrogen and oxygen atoms in total. The Balaban J connectivity index is 1.84. The van der Waals surface area contributed by atoms with Gasteiger partial charge >= 0.3 is 6.18 Å². The number of aromatic amines is 1. The number of thioether (sulfide) groups is 1. The van der Waals surface area contributed by atoms with Gasteiger partial charge in [0.2, 0.25) is 0 Å². The molecule has 0 fully saturated rings. The fraction of sp³-hybridized carbons (Fsp3) is 0.133. The van der Waals surface area contributed by atoms with Crippen molar-refractivity contribution in [3.8, 4) is 0 Å². The van der Waals surface area contributed by atoms with Gasteiger partial charge in [-0.2, -0.15) is 13.2 Å². The van der Waals surface area contributed by atoms with Crippen LogP contribution in [-0.2, 0) is 11.9 Å². The van der Waals surface area contributed by atoms with Crippen molar-refractivity contribution in [1.29, 1.82) is 0 Å². The van der Waals surface area contributed by atoms with E-state index < -0.39 is 11.7 Å². The van der Waals surface area contributed by atoms with Crippen LogP contribution in [0.3, 0.4) is 0 Å². The van der Waals surface area contributed by atoms with E-state index in [2.05, 4.69) is 9.97 Å². The molecule has 0 radical (unpaired) electrons. The van der Waals surface area contributed by atoms with E-state index in [0.29, 0.717) is 32.0 Å². The predicted octanol–water partition coefficient (Wildman–Crippen LogP) is 6.18. The first-order chi connectivity index (χ1) is 10.8. The van der Waals surface area contributed by atoms with Gasteiger partial charge in [0.15, 0.2) is 5.16 Å². The minimum atomic E-state index is -4.38. The maximum absolute atomic E-state index is 12.7. The molecule has 0 aliphatic rings. The topological polar surface area (TPSA) is 28.7 Å². The number of hydrogen-bond donors (Lipinski definition) is 1. The number of aromatic nitrogens is 2. The van der Waals surface area contributed by atoms with Gasteiger partial charge in [0.1, 0.15) is 0 Å². The van der Waals surface area contributed by atoms with Crippen LogP contribution in [0.2, 0.25) is 10.0 Å². The van der Waals surface area contributed by atoms with Crippen LogP contribution in [0.5, 0.6) is 0 Å². The third-order valence-electron chi connectivity index (χ3n) is 3.20. The second kappa shape index (κ2) is 6.26. The summed E-state index contributed by atoms with van der Waals surface area (Å²) in [5.41, 5.74) is 0.870. The summed E-state index contributed by atoms with van der Waals surface area (Å²) in [4.78, 5) is 7.15. The zero-order chi connectivity index (χ0) is 16.6. The molecule has 0 saturated carbocycles. The standard InChI is InChI=1S/C15H9Cl2F3N2S/c16-10-2-1-3-11(17)9(10)7-23-14-21-12-5-4-8(15(18,19)20)6-13(12)22-14/h1-6H,7H2,(H,21,22). The number of benzene rings is 2. The second-order valence-corrected chi connectivity index (χ2v) is 6.54. The molecular weight excluding hydrogens is 368 g/mol. The summed E-state index contributed by atoms with van der Waals surface area (Å²) in [6, 6.07) is 8.63. The van der Waals surface area contributed by atoms with Gasteiger partial charge in [-0.25, -0.2) is 4.98 Å². The Labute approximate surface area is 144 Å². The molecule has 0 amide bonds. The Bertz CT molecular complexity index is 841. The Hall–Kier alpha value is -1.37. The fourth-order valence-corrected chi connectivity index (χ4v) is 3.67. The highest BCUT2D eigenvalue weighted by atomic mass is 35.5. The molecule has 23 heavy (non-hydrogen) atoms. The number of hydrogen-bond acceptors (Lipinski definition) is 2. The van der Waals surface area contributed by atoms with Crippen LogP contribution in [0.25, 0.3) is 11.0 Å². The van der Waals surface area contributed by atoms with Gasteiger partial charge in [-0.15, -0.1) is 0 Å². The molecule has 120 valence electrons. The fourth-order valence-electron chi connectivity index (χ4n) is 2.04. The lowest BCUT2D eigenvalue weighted by Gasteiger charge is -2.05. The summed E-state index contributed by atoms with van der Waals surface area (Å²) in [5.74, 6) is 0.463. The molecule has 1 heterocycles. The maximum Gasteiger partial charge on any atom is 0.416 e. The molecule has 2 aromatic carbocycles. The molecule has 0 atom stereocenters. The number of nitrogens with zero attached hydrogens (tertiary/aromatic N) is 1. The van der Waals surface area contributed by atoms with Gasteiger partial charge in [-0.3, -0.25) is 0 Å². The van der Waals surface area contributed by atoms with Crippen molar-refractivity contribution >= 4 is 46.0 Å². The summed E-state index contributed by atoms with van der Waals surface area (Å²) >= 11 is 13.5. The molecule has 0 saturated heterocycles. The van der Waals surface area contributed by atoms with Crippen LogP contribution in [-0.4, -0.2) is 9.97 Å². The molecule has 1 aromatic heterocycles. The average Bonchev–Trinajstić information content (AvgIpc) is 2.87. The van der Waals surface area contributed by atoms with Gasteiger partial charge in [-0.1, -0.05) is 41.0 Å². The molecule has 3 aromatic rings. The third kappa shape index (κ3) is 3.59. The van der Waals surface area contributed by atoms with Gasteiger partial charge < -0.3 is 4.98 Å². The SMILES string of the molecule is FC(F)(F)c1ccc2nc(SCc3c(Cl)cccc3Cl)[nH]c2c1. The predicted molar refractivity (Wildman–Crippen MR) is 87.1 cm³/mol. The number of imidazole rings is 1. The lowest BCUT2D eigenvalue weighted by Crippen LogP contribution is -2.04. The molecule has 0 aliphatic carbocycles. The van der Waals surface area contributed by atoms with Crippen molar-refractivity contribution in [3.63, 3.8) is 0 Å². The maximum atomic E-state index is 12.7.